The third-order valence-corrected chi connectivity index (χ3v) is 6.01. The molecule has 1 heterocycles. The van der Waals surface area contributed by atoms with E-state index in [9.17, 15) is 35.5 Å². The number of carboxylic acid groups (broad SMARTS) is 2. The van der Waals surface area contributed by atoms with Crippen LogP contribution in [0.1, 0.15) is 37.3 Å². The normalized spacial score (nSPS) is 13.3. The predicted molar refractivity (Wildman–Crippen MR) is 147 cm³/mol. The summed E-state index contributed by atoms with van der Waals surface area (Å²) in [6, 6.07) is 10.6. The molecule has 45 heavy (non-hydrogen) atoms. The van der Waals surface area contributed by atoms with Gasteiger partial charge in [0.15, 0.2) is 11.6 Å². The Labute approximate surface area is 252 Å². The number of halogens is 7. The van der Waals surface area contributed by atoms with Gasteiger partial charge in [0, 0.05) is 37.0 Å². The predicted octanol–water partition coefficient (Wildman–Crippen LogP) is 4.62. The van der Waals surface area contributed by atoms with Gasteiger partial charge in [-0.3, -0.25) is 10.8 Å². The number of anilines is 1. The first-order chi connectivity index (χ1) is 20.7. The SMILES string of the molecule is CCC(C(=O)Oc1ccc(C(=N)N2CCCC2)cc1F)N(C)c1cccc(C(=N)N)c1.O=C(O)C(F)(F)F.O=C(O)C(F)(F)F. The summed E-state index contributed by atoms with van der Waals surface area (Å²) < 4.78 is 83.5. The number of hydrogen-bond donors (Lipinski definition) is 5. The van der Waals surface area contributed by atoms with Gasteiger partial charge >= 0.3 is 30.3 Å². The van der Waals surface area contributed by atoms with E-state index in [1.807, 2.05) is 17.9 Å². The number of carbonyl (C=O) groups excluding carboxylic acids is 1. The van der Waals surface area contributed by atoms with Crippen LogP contribution in [0.5, 0.6) is 5.75 Å². The molecule has 0 spiro atoms. The molecular weight excluding hydrogens is 623 g/mol. The maximum absolute atomic E-state index is 14.6. The number of ether oxygens (including phenoxy) is 1. The molecule has 18 heteroatoms. The van der Waals surface area contributed by atoms with Gasteiger partial charge < -0.3 is 30.5 Å². The number of nitrogens with zero attached hydrogens (tertiary/aromatic N) is 2. The third-order valence-electron chi connectivity index (χ3n) is 6.01. The highest BCUT2D eigenvalue weighted by Crippen LogP contribution is 2.24. The molecule has 3 rings (SSSR count). The van der Waals surface area contributed by atoms with Crippen LogP contribution < -0.4 is 15.4 Å². The number of aliphatic carboxylic acids is 2. The lowest BCUT2D eigenvalue weighted by atomic mass is 10.1. The molecule has 6 N–H and O–H groups in total. The summed E-state index contributed by atoms with van der Waals surface area (Å²) in [6.45, 7) is 3.44. The molecular formula is C27H30F7N5O6. The maximum Gasteiger partial charge on any atom is 0.490 e. The Morgan fingerprint density at radius 2 is 1.47 bits per heavy atom. The average Bonchev–Trinajstić information content (AvgIpc) is 3.49. The van der Waals surface area contributed by atoms with Gasteiger partial charge in [0.1, 0.15) is 17.7 Å². The van der Waals surface area contributed by atoms with Crippen molar-refractivity contribution in [1.29, 1.82) is 10.8 Å². The molecule has 248 valence electrons. The van der Waals surface area contributed by atoms with Gasteiger partial charge in [0.2, 0.25) is 0 Å². The van der Waals surface area contributed by atoms with E-state index >= 15 is 0 Å². The van der Waals surface area contributed by atoms with Crippen molar-refractivity contribution in [2.24, 2.45) is 5.73 Å². The topological polar surface area (TPSA) is 181 Å². The third kappa shape index (κ3) is 12.0. The Morgan fingerprint density at radius 3 is 1.89 bits per heavy atom. The molecule has 1 unspecified atom stereocenters. The summed E-state index contributed by atoms with van der Waals surface area (Å²) in [4.78, 5) is 34.2. The zero-order chi connectivity index (χ0) is 34.7. The van der Waals surface area contributed by atoms with Crippen molar-refractivity contribution in [3.63, 3.8) is 0 Å². The fourth-order valence-electron chi connectivity index (χ4n) is 3.70. The first-order valence-corrected chi connectivity index (χ1v) is 12.8. The van der Waals surface area contributed by atoms with Crippen LogP contribution in [-0.4, -0.2) is 83.2 Å². The molecule has 0 radical (unpaired) electrons. The maximum atomic E-state index is 14.6. The Bertz CT molecular complexity index is 1350. The van der Waals surface area contributed by atoms with Gasteiger partial charge in [0.05, 0.1) is 0 Å². The van der Waals surface area contributed by atoms with Crippen LogP contribution in [0.3, 0.4) is 0 Å². The van der Waals surface area contributed by atoms with E-state index in [-0.39, 0.29) is 17.4 Å². The van der Waals surface area contributed by atoms with Gasteiger partial charge in [-0.15, -0.1) is 0 Å². The fraction of sp³-hybridized carbons (Fsp3) is 0.370. The molecule has 0 amide bonds. The van der Waals surface area contributed by atoms with E-state index in [2.05, 4.69) is 0 Å². The molecule has 0 saturated carbocycles. The number of carboxylic acids is 2. The second kappa shape index (κ2) is 16.2. The van der Waals surface area contributed by atoms with E-state index in [0.29, 0.717) is 23.2 Å². The van der Waals surface area contributed by atoms with Crippen molar-refractivity contribution >= 4 is 35.3 Å². The van der Waals surface area contributed by atoms with Crippen LogP contribution in [0.25, 0.3) is 0 Å². The number of likely N-dealkylation sites (N-methyl/N-ethyl adjacent to an activating group) is 1. The first-order valence-electron chi connectivity index (χ1n) is 12.8. The summed E-state index contributed by atoms with van der Waals surface area (Å²) in [5.74, 6) is -6.71. The Kier molecular flexibility index (Phi) is 13.8. The number of benzene rings is 2. The number of rotatable bonds is 7. The number of carbonyl (C=O) groups is 3. The summed E-state index contributed by atoms with van der Waals surface area (Å²) in [5, 5.41) is 30.1. The van der Waals surface area contributed by atoms with Gasteiger partial charge in [-0.2, -0.15) is 26.3 Å². The molecule has 1 aliphatic rings. The Morgan fingerprint density at radius 1 is 0.956 bits per heavy atom. The monoisotopic (exact) mass is 653 g/mol. The van der Waals surface area contributed by atoms with Crippen LogP contribution in [-0.2, 0) is 14.4 Å². The largest absolute Gasteiger partial charge is 0.490 e. The molecule has 2 aromatic carbocycles. The van der Waals surface area contributed by atoms with E-state index < -0.39 is 42.1 Å². The summed E-state index contributed by atoms with van der Waals surface area (Å²) >= 11 is 0. The number of hydrogen-bond acceptors (Lipinski definition) is 7. The summed E-state index contributed by atoms with van der Waals surface area (Å²) in [5.41, 5.74) is 7.27. The second-order valence-corrected chi connectivity index (χ2v) is 9.21. The number of likely N-dealkylation sites (tertiary alicyclic amines) is 1. The van der Waals surface area contributed by atoms with Gasteiger partial charge in [-0.1, -0.05) is 19.1 Å². The van der Waals surface area contributed by atoms with Gasteiger partial charge in [-0.25, -0.2) is 18.8 Å². The number of amidine groups is 2. The lowest BCUT2D eigenvalue weighted by Crippen LogP contribution is -2.41. The molecule has 0 aliphatic carbocycles. The molecule has 1 fully saturated rings. The van der Waals surface area contributed by atoms with Gasteiger partial charge in [-0.05, 0) is 49.6 Å². The highest BCUT2D eigenvalue weighted by atomic mass is 19.4. The Balaban J connectivity index is 0.000000601. The van der Waals surface area contributed by atoms with Gasteiger partial charge in [0.25, 0.3) is 0 Å². The van der Waals surface area contributed by atoms with Crippen molar-refractivity contribution in [3.05, 3.63) is 59.4 Å². The molecule has 0 aromatic heterocycles. The Hall–Kier alpha value is -4.90. The lowest BCUT2D eigenvalue weighted by Gasteiger charge is -2.28. The molecule has 0 bridgehead atoms. The van der Waals surface area contributed by atoms with Crippen molar-refractivity contribution in [3.8, 4) is 5.75 Å². The molecule has 11 nitrogen and oxygen atoms in total. The van der Waals surface area contributed by atoms with Crippen molar-refractivity contribution in [2.45, 2.75) is 44.6 Å². The number of alkyl halides is 6. The minimum Gasteiger partial charge on any atom is -0.475 e. The van der Waals surface area contributed by atoms with Crippen LogP contribution in [0, 0.1) is 16.6 Å². The van der Waals surface area contributed by atoms with Crippen LogP contribution in [0.2, 0.25) is 0 Å². The van der Waals surface area contributed by atoms with Crippen LogP contribution in [0.4, 0.5) is 36.4 Å². The minimum absolute atomic E-state index is 0.0625. The van der Waals surface area contributed by atoms with Crippen molar-refractivity contribution in [2.75, 3.05) is 25.0 Å². The number of nitrogens with two attached hydrogens (primary N) is 1. The summed E-state index contributed by atoms with van der Waals surface area (Å²) in [6.07, 6.45) is -7.66. The number of nitrogen functional groups attached to an aromatic ring is 1. The van der Waals surface area contributed by atoms with E-state index in [0.717, 1.165) is 25.9 Å². The quantitative estimate of drug-likeness (QED) is 0.0937. The molecule has 1 atom stereocenters. The van der Waals surface area contributed by atoms with Crippen molar-refractivity contribution < 1.29 is 60.1 Å². The molecule has 1 saturated heterocycles. The zero-order valence-corrected chi connectivity index (χ0v) is 23.8. The van der Waals surface area contributed by atoms with Crippen LogP contribution in [0.15, 0.2) is 42.5 Å². The highest BCUT2D eigenvalue weighted by molar-refractivity contribution is 5.97. The smallest absolute Gasteiger partial charge is 0.475 e. The standard InChI is InChI=1S/C23H28FN5O2.2C2HF3O2/c1-3-19(28(2)17-8-6-7-15(13-17)21(25)26)23(30)31-20-10-9-16(14-18(20)24)22(27)29-11-4-5-12-29;2*3-2(4,5)1(6)7/h6-10,13-14,19,27H,3-5,11-12H2,1-2H3,(H3,25,26);2*(H,6,7). The first kappa shape index (κ1) is 38.1. The van der Waals surface area contributed by atoms with E-state index in [4.69, 9.17) is 41.1 Å². The number of nitrogens with one attached hydrogen (secondary N) is 2. The van der Waals surface area contributed by atoms with E-state index in [1.54, 1.807) is 36.2 Å². The van der Waals surface area contributed by atoms with Crippen LogP contribution >= 0.6 is 0 Å². The minimum atomic E-state index is -5.08. The molecule has 1 aliphatic heterocycles. The average molecular weight is 654 g/mol. The number of esters is 1. The van der Waals surface area contributed by atoms with E-state index in [1.165, 1.54) is 12.1 Å². The summed E-state index contributed by atoms with van der Waals surface area (Å²) in [7, 11) is 1.74. The molecule has 2 aromatic rings. The zero-order valence-electron chi connectivity index (χ0n) is 23.8. The lowest BCUT2D eigenvalue weighted by molar-refractivity contribution is -0.193. The highest BCUT2D eigenvalue weighted by Gasteiger charge is 2.39. The van der Waals surface area contributed by atoms with Crippen molar-refractivity contribution in [1.82, 2.24) is 4.90 Å². The second-order valence-electron chi connectivity index (χ2n) is 9.21. The fourth-order valence-corrected chi connectivity index (χ4v) is 3.70.